The van der Waals surface area contributed by atoms with Crippen molar-refractivity contribution in [2.45, 2.75) is 6.54 Å². The predicted molar refractivity (Wildman–Crippen MR) is 76.1 cm³/mol. The molecule has 1 N–H and O–H groups in total. The van der Waals surface area contributed by atoms with Gasteiger partial charge in [-0.2, -0.15) is 0 Å². The lowest BCUT2D eigenvalue weighted by molar-refractivity contribution is 0.507. The van der Waals surface area contributed by atoms with E-state index in [4.69, 9.17) is 11.6 Å². The van der Waals surface area contributed by atoms with Gasteiger partial charge >= 0.3 is 0 Å². The van der Waals surface area contributed by atoms with Crippen LogP contribution in [0.4, 0.5) is 14.6 Å². The van der Waals surface area contributed by atoms with E-state index >= 15 is 0 Å². The first-order valence-electron chi connectivity index (χ1n) is 5.72. The molecule has 2 heterocycles. The first-order chi connectivity index (χ1) is 9.63. The molecule has 0 amide bonds. The number of nitrogens with one attached hydrogen (secondary N) is 1. The van der Waals surface area contributed by atoms with Crippen LogP contribution in [-0.2, 0) is 6.54 Å². The van der Waals surface area contributed by atoms with Gasteiger partial charge in [-0.3, -0.25) is 0 Å². The van der Waals surface area contributed by atoms with Gasteiger partial charge in [0.05, 0.1) is 5.39 Å². The highest BCUT2D eigenvalue weighted by Gasteiger charge is 2.08. The number of thiophene rings is 1. The number of rotatable bonds is 3. The zero-order chi connectivity index (χ0) is 14.1. The summed E-state index contributed by atoms with van der Waals surface area (Å²) in [6, 6.07) is 5.64. The molecule has 0 atom stereocenters. The van der Waals surface area contributed by atoms with Crippen molar-refractivity contribution >= 4 is 39.0 Å². The highest BCUT2D eigenvalue weighted by Crippen LogP contribution is 2.26. The number of halogens is 3. The van der Waals surface area contributed by atoms with E-state index in [2.05, 4.69) is 15.3 Å². The van der Waals surface area contributed by atoms with Crippen LogP contribution in [0.25, 0.3) is 10.2 Å². The summed E-state index contributed by atoms with van der Waals surface area (Å²) in [5, 5.41) is 5.94. The Morgan fingerprint density at radius 2 is 2.00 bits per heavy atom. The van der Waals surface area contributed by atoms with Crippen molar-refractivity contribution < 1.29 is 8.78 Å². The van der Waals surface area contributed by atoms with Crippen molar-refractivity contribution in [3.8, 4) is 0 Å². The van der Waals surface area contributed by atoms with Crippen LogP contribution in [0, 0.1) is 11.6 Å². The molecule has 0 saturated carbocycles. The van der Waals surface area contributed by atoms with Gasteiger partial charge in [0.25, 0.3) is 0 Å². The summed E-state index contributed by atoms with van der Waals surface area (Å²) in [5.41, 5.74) is 0.613. The van der Waals surface area contributed by atoms with Crippen molar-refractivity contribution in [3.63, 3.8) is 0 Å². The number of hydrogen-bond acceptors (Lipinski definition) is 4. The molecule has 3 aromatic rings. The summed E-state index contributed by atoms with van der Waals surface area (Å²) in [5.74, 6) is -1.16. The zero-order valence-electron chi connectivity index (χ0n) is 10.0. The van der Waals surface area contributed by atoms with Crippen LogP contribution >= 0.6 is 22.9 Å². The van der Waals surface area contributed by atoms with E-state index in [1.54, 1.807) is 0 Å². The normalized spacial score (nSPS) is 10.9. The number of nitrogens with zero attached hydrogens (tertiary/aromatic N) is 2. The molecule has 0 fully saturated rings. The largest absolute Gasteiger partial charge is 0.365 e. The van der Waals surface area contributed by atoms with Crippen molar-refractivity contribution in [2.24, 2.45) is 0 Å². The Labute approximate surface area is 122 Å². The van der Waals surface area contributed by atoms with Gasteiger partial charge in [-0.1, -0.05) is 6.07 Å². The summed E-state index contributed by atoms with van der Waals surface area (Å²) in [6.07, 6.45) is 0. The van der Waals surface area contributed by atoms with E-state index in [1.807, 2.05) is 11.4 Å². The lowest BCUT2D eigenvalue weighted by Gasteiger charge is -2.07. The van der Waals surface area contributed by atoms with E-state index in [0.29, 0.717) is 17.9 Å². The number of fused-ring (bicyclic) bond motifs is 1. The van der Waals surface area contributed by atoms with Crippen LogP contribution in [-0.4, -0.2) is 9.97 Å². The molecule has 7 heteroatoms. The van der Waals surface area contributed by atoms with Crippen molar-refractivity contribution in [1.82, 2.24) is 9.97 Å². The molecule has 0 aliphatic rings. The number of hydrogen-bond donors (Lipinski definition) is 1. The van der Waals surface area contributed by atoms with Crippen molar-refractivity contribution in [1.29, 1.82) is 0 Å². The van der Waals surface area contributed by atoms with E-state index in [-0.39, 0.29) is 5.28 Å². The third-order valence-corrected chi connectivity index (χ3v) is 3.72. The third-order valence-electron chi connectivity index (χ3n) is 2.74. The minimum Gasteiger partial charge on any atom is -0.365 e. The van der Waals surface area contributed by atoms with Gasteiger partial charge in [0.15, 0.2) is 11.6 Å². The monoisotopic (exact) mass is 311 g/mol. The van der Waals surface area contributed by atoms with E-state index < -0.39 is 11.6 Å². The van der Waals surface area contributed by atoms with E-state index in [0.717, 1.165) is 22.3 Å². The molecule has 0 radical (unpaired) electrons. The Balaban J connectivity index is 1.86. The van der Waals surface area contributed by atoms with Crippen LogP contribution < -0.4 is 5.32 Å². The molecule has 0 unspecified atom stereocenters. The summed E-state index contributed by atoms with van der Waals surface area (Å²) in [6.45, 7) is 0.315. The average Bonchev–Trinajstić information content (AvgIpc) is 2.88. The lowest BCUT2D eigenvalue weighted by Crippen LogP contribution is -2.03. The van der Waals surface area contributed by atoms with Gasteiger partial charge in [-0.05, 0) is 40.7 Å². The highest BCUT2D eigenvalue weighted by atomic mass is 35.5. The Bertz CT molecular complexity index is 775. The maximum atomic E-state index is 13.1. The molecule has 2 aromatic heterocycles. The molecule has 3 nitrogen and oxygen atoms in total. The molecule has 0 aliphatic carbocycles. The SMILES string of the molecule is Fc1ccc(CNc2nc(Cl)nc3sccc23)cc1F. The first-order valence-corrected chi connectivity index (χ1v) is 6.98. The molecule has 3 rings (SSSR count). The topological polar surface area (TPSA) is 37.8 Å². The number of aromatic nitrogens is 2. The molecule has 0 saturated heterocycles. The van der Waals surface area contributed by atoms with Crippen molar-refractivity contribution in [3.05, 3.63) is 52.1 Å². The van der Waals surface area contributed by atoms with Gasteiger partial charge in [0, 0.05) is 6.54 Å². The molecule has 102 valence electrons. The van der Waals surface area contributed by atoms with Crippen molar-refractivity contribution in [2.75, 3.05) is 5.32 Å². The fourth-order valence-corrected chi connectivity index (χ4v) is 2.78. The summed E-state index contributed by atoms with van der Waals surface area (Å²) < 4.78 is 26.0. The predicted octanol–water partition coefficient (Wildman–Crippen LogP) is 4.24. The molecule has 1 aromatic carbocycles. The second-order valence-corrected chi connectivity index (χ2v) is 5.32. The second kappa shape index (κ2) is 5.30. The summed E-state index contributed by atoms with van der Waals surface area (Å²) >= 11 is 7.30. The van der Waals surface area contributed by atoms with Gasteiger partial charge in [-0.15, -0.1) is 11.3 Å². The Morgan fingerprint density at radius 3 is 2.80 bits per heavy atom. The first kappa shape index (κ1) is 13.2. The van der Waals surface area contributed by atoms with Gasteiger partial charge in [0.1, 0.15) is 10.6 Å². The van der Waals surface area contributed by atoms with Crippen LogP contribution in [0.2, 0.25) is 5.28 Å². The van der Waals surface area contributed by atoms with Crippen LogP contribution in [0.5, 0.6) is 0 Å². The van der Waals surface area contributed by atoms with Crippen LogP contribution in [0.15, 0.2) is 29.6 Å². The van der Waals surface area contributed by atoms with Crippen LogP contribution in [0.1, 0.15) is 5.56 Å². The van der Waals surface area contributed by atoms with E-state index in [9.17, 15) is 8.78 Å². The highest BCUT2D eigenvalue weighted by molar-refractivity contribution is 7.16. The average molecular weight is 312 g/mol. The minimum atomic E-state index is -0.870. The Morgan fingerprint density at radius 1 is 1.15 bits per heavy atom. The Hall–Kier alpha value is -1.79. The Kier molecular flexibility index (Phi) is 3.50. The fourth-order valence-electron chi connectivity index (χ4n) is 1.80. The quantitative estimate of drug-likeness (QED) is 0.735. The summed E-state index contributed by atoms with van der Waals surface area (Å²) in [7, 11) is 0. The molecule has 0 bridgehead atoms. The zero-order valence-corrected chi connectivity index (χ0v) is 11.6. The standard InChI is InChI=1S/C13H8ClF2N3S/c14-13-18-11(8-3-4-20-12(8)19-13)17-6-7-1-2-9(15)10(16)5-7/h1-5H,6H2,(H,17,18,19). The minimum absolute atomic E-state index is 0.146. The summed E-state index contributed by atoms with van der Waals surface area (Å²) in [4.78, 5) is 8.99. The van der Waals surface area contributed by atoms with E-state index in [1.165, 1.54) is 17.4 Å². The maximum Gasteiger partial charge on any atom is 0.225 e. The number of anilines is 1. The second-order valence-electron chi connectivity index (χ2n) is 4.08. The van der Waals surface area contributed by atoms with Crippen LogP contribution in [0.3, 0.4) is 0 Å². The maximum absolute atomic E-state index is 13.1. The molecule has 0 aliphatic heterocycles. The van der Waals surface area contributed by atoms with Gasteiger partial charge < -0.3 is 5.32 Å². The lowest BCUT2D eigenvalue weighted by atomic mass is 10.2. The third kappa shape index (κ3) is 2.57. The molecule has 20 heavy (non-hydrogen) atoms. The van der Waals surface area contributed by atoms with Gasteiger partial charge in [-0.25, -0.2) is 18.7 Å². The number of benzene rings is 1. The fraction of sp³-hybridized carbons (Fsp3) is 0.0769. The molecule has 0 spiro atoms. The smallest absolute Gasteiger partial charge is 0.225 e. The van der Waals surface area contributed by atoms with Gasteiger partial charge in [0.2, 0.25) is 5.28 Å². The molecular formula is C13H8ClF2N3S. The molecular weight excluding hydrogens is 304 g/mol.